The number of carbonyl (C=O) groups is 1. The van der Waals surface area contributed by atoms with Crippen molar-refractivity contribution >= 4 is 51.0 Å². The number of amides is 1. The molecule has 1 aliphatic heterocycles. The number of nitrogens with zero attached hydrogens (tertiary/aromatic N) is 4. The molecule has 0 bridgehead atoms. The van der Waals surface area contributed by atoms with Crippen LogP contribution in [0.5, 0.6) is 0 Å². The molecular weight excluding hydrogens is 525 g/mol. The van der Waals surface area contributed by atoms with Gasteiger partial charge in [0.2, 0.25) is 5.91 Å². The molecule has 1 aliphatic rings. The first-order chi connectivity index (χ1) is 19.0. The third-order valence-electron chi connectivity index (χ3n) is 7.24. The highest BCUT2D eigenvalue weighted by atomic mass is 32.1. The Morgan fingerprint density at radius 3 is 2.67 bits per heavy atom. The number of aryl methyl sites for hydroxylation is 1. The van der Waals surface area contributed by atoms with Gasteiger partial charge >= 0.3 is 0 Å². The Bertz CT molecular complexity index is 1640. The standard InChI is InChI=1S/C30H28N6OS2/c1-19-18-23(20(2)36(19)30-32-15-17-39-30)28-27(25-11-5-6-14-31-25)34-29(38)35(28)16-13-26(37)33-24-12-7-9-21-8-3-4-10-22(21)24/h3-12,14-15,17-18,27-28H,13,16H2,1-2H3,(H,33,37)(H,34,38)/t27-,28-/m1/s1. The van der Waals surface area contributed by atoms with E-state index in [-0.39, 0.29) is 18.0 Å². The summed E-state index contributed by atoms with van der Waals surface area (Å²) in [6.45, 7) is 4.68. The van der Waals surface area contributed by atoms with Crippen LogP contribution in [0.15, 0.2) is 84.5 Å². The lowest BCUT2D eigenvalue weighted by molar-refractivity contribution is -0.116. The van der Waals surface area contributed by atoms with Crippen LogP contribution in [0.2, 0.25) is 0 Å². The zero-order valence-electron chi connectivity index (χ0n) is 21.7. The van der Waals surface area contributed by atoms with Gasteiger partial charge in [-0.05, 0) is 61.3 Å². The second-order valence-electron chi connectivity index (χ2n) is 9.62. The summed E-state index contributed by atoms with van der Waals surface area (Å²) in [6.07, 6.45) is 3.92. The second-order valence-corrected chi connectivity index (χ2v) is 10.9. The molecule has 1 amide bonds. The van der Waals surface area contributed by atoms with Crippen molar-refractivity contribution in [2.45, 2.75) is 32.4 Å². The van der Waals surface area contributed by atoms with Gasteiger partial charge in [0.1, 0.15) is 0 Å². The maximum atomic E-state index is 13.2. The first-order valence-electron chi connectivity index (χ1n) is 12.9. The van der Waals surface area contributed by atoms with Gasteiger partial charge in [0.05, 0.1) is 17.8 Å². The monoisotopic (exact) mass is 552 g/mol. The number of nitrogens with one attached hydrogen (secondary N) is 2. The molecule has 1 saturated heterocycles. The molecule has 0 saturated carbocycles. The molecule has 0 unspecified atom stereocenters. The molecule has 2 aromatic carbocycles. The summed E-state index contributed by atoms with van der Waals surface area (Å²) >= 11 is 7.45. The molecule has 6 rings (SSSR count). The van der Waals surface area contributed by atoms with Crippen molar-refractivity contribution < 1.29 is 4.79 Å². The fourth-order valence-electron chi connectivity index (χ4n) is 5.46. The van der Waals surface area contributed by atoms with Gasteiger partial charge in [-0.2, -0.15) is 0 Å². The van der Waals surface area contributed by atoms with Crippen LogP contribution in [0.25, 0.3) is 15.9 Å². The molecule has 0 aliphatic carbocycles. The number of hydrogen-bond acceptors (Lipinski definition) is 5. The second kappa shape index (κ2) is 10.6. The quantitative estimate of drug-likeness (QED) is 0.238. The Balaban J connectivity index is 1.30. The van der Waals surface area contributed by atoms with Crippen molar-refractivity contribution in [2.24, 2.45) is 0 Å². The normalized spacial score (nSPS) is 17.0. The Morgan fingerprint density at radius 1 is 1.05 bits per heavy atom. The van der Waals surface area contributed by atoms with E-state index in [1.807, 2.05) is 72.2 Å². The minimum absolute atomic E-state index is 0.0533. The Labute approximate surface area is 236 Å². The lowest BCUT2D eigenvalue weighted by Gasteiger charge is -2.28. The highest BCUT2D eigenvalue weighted by Crippen LogP contribution is 2.41. The molecule has 196 valence electrons. The number of thiazole rings is 1. The van der Waals surface area contributed by atoms with Crippen LogP contribution >= 0.6 is 23.6 Å². The maximum absolute atomic E-state index is 13.2. The highest BCUT2D eigenvalue weighted by molar-refractivity contribution is 7.80. The number of thiocarbonyl (C=S) groups is 1. The van der Waals surface area contributed by atoms with Gasteiger partial charge in [0.25, 0.3) is 0 Å². The van der Waals surface area contributed by atoms with E-state index in [2.05, 4.69) is 50.0 Å². The van der Waals surface area contributed by atoms with E-state index in [4.69, 9.17) is 12.2 Å². The topological polar surface area (TPSA) is 75.1 Å². The van der Waals surface area contributed by atoms with Gasteiger partial charge in [-0.15, -0.1) is 11.3 Å². The number of carbonyl (C=O) groups excluding carboxylic acids is 1. The Morgan fingerprint density at radius 2 is 1.87 bits per heavy atom. The number of aromatic nitrogens is 3. The minimum Gasteiger partial charge on any atom is -0.352 e. The molecule has 4 heterocycles. The zero-order chi connectivity index (χ0) is 26.9. The summed E-state index contributed by atoms with van der Waals surface area (Å²) in [5, 5.41) is 12.3. The van der Waals surface area contributed by atoms with Gasteiger partial charge in [-0.25, -0.2) is 4.98 Å². The van der Waals surface area contributed by atoms with Crippen molar-refractivity contribution in [2.75, 3.05) is 11.9 Å². The zero-order valence-corrected chi connectivity index (χ0v) is 23.3. The molecule has 2 atom stereocenters. The van der Waals surface area contributed by atoms with Crippen molar-refractivity contribution in [1.82, 2.24) is 24.8 Å². The molecule has 3 aromatic heterocycles. The molecular formula is C30H28N6OS2. The summed E-state index contributed by atoms with van der Waals surface area (Å²) in [7, 11) is 0. The van der Waals surface area contributed by atoms with E-state index in [1.165, 1.54) is 0 Å². The van der Waals surface area contributed by atoms with E-state index in [9.17, 15) is 4.79 Å². The number of pyridine rings is 1. The van der Waals surface area contributed by atoms with E-state index in [1.54, 1.807) is 17.5 Å². The van der Waals surface area contributed by atoms with E-state index < -0.39 is 0 Å². The predicted octanol–water partition coefficient (Wildman–Crippen LogP) is 6.10. The maximum Gasteiger partial charge on any atom is 0.226 e. The Kier molecular flexibility index (Phi) is 6.85. The van der Waals surface area contributed by atoms with Gasteiger partial charge in [-0.1, -0.05) is 42.5 Å². The van der Waals surface area contributed by atoms with Gasteiger partial charge in [0.15, 0.2) is 10.2 Å². The Hall–Kier alpha value is -4.08. The molecule has 39 heavy (non-hydrogen) atoms. The van der Waals surface area contributed by atoms with Crippen molar-refractivity contribution in [3.63, 3.8) is 0 Å². The SMILES string of the molecule is Cc1cc([C@@H]2[C@@H](c3ccccn3)NC(=S)N2CCC(=O)Nc2cccc3ccccc23)c(C)n1-c1nccs1. The van der Waals surface area contributed by atoms with Crippen LogP contribution < -0.4 is 10.6 Å². The summed E-state index contributed by atoms with van der Waals surface area (Å²) in [6, 6.07) is 21.8. The molecule has 0 spiro atoms. The van der Waals surface area contributed by atoms with Crippen LogP contribution in [0, 0.1) is 13.8 Å². The van der Waals surface area contributed by atoms with Crippen LogP contribution in [0.1, 0.15) is 41.1 Å². The van der Waals surface area contributed by atoms with Crippen molar-refractivity contribution in [3.05, 3.63) is 107 Å². The minimum atomic E-state index is -0.148. The lowest BCUT2D eigenvalue weighted by Crippen LogP contribution is -2.33. The summed E-state index contributed by atoms with van der Waals surface area (Å²) in [5.41, 5.74) is 5.07. The molecule has 7 nitrogen and oxygen atoms in total. The highest BCUT2D eigenvalue weighted by Gasteiger charge is 2.41. The van der Waals surface area contributed by atoms with Gasteiger partial charge in [-0.3, -0.25) is 14.3 Å². The number of fused-ring (bicyclic) bond motifs is 1. The van der Waals surface area contributed by atoms with Crippen LogP contribution in [0.4, 0.5) is 5.69 Å². The third kappa shape index (κ3) is 4.79. The number of rotatable bonds is 7. The average molecular weight is 553 g/mol. The molecule has 5 aromatic rings. The predicted molar refractivity (Wildman–Crippen MR) is 160 cm³/mol. The molecule has 9 heteroatoms. The van der Waals surface area contributed by atoms with Gasteiger partial charge in [0, 0.05) is 53.2 Å². The summed E-state index contributed by atoms with van der Waals surface area (Å²) in [4.78, 5) is 24.5. The lowest BCUT2D eigenvalue weighted by atomic mass is 9.96. The van der Waals surface area contributed by atoms with Crippen LogP contribution in [0.3, 0.4) is 0 Å². The van der Waals surface area contributed by atoms with E-state index in [0.29, 0.717) is 18.1 Å². The van der Waals surface area contributed by atoms with Crippen LogP contribution in [-0.2, 0) is 4.79 Å². The van der Waals surface area contributed by atoms with E-state index in [0.717, 1.165) is 44.2 Å². The fourth-order valence-corrected chi connectivity index (χ4v) is 6.54. The van der Waals surface area contributed by atoms with Gasteiger partial charge < -0.3 is 15.5 Å². The average Bonchev–Trinajstić information content (AvgIpc) is 3.66. The van der Waals surface area contributed by atoms with Crippen LogP contribution in [-0.4, -0.2) is 37.0 Å². The van der Waals surface area contributed by atoms with E-state index >= 15 is 0 Å². The number of benzene rings is 2. The fraction of sp³-hybridized carbons (Fsp3) is 0.200. The van der Waals surface area contributed by atoms with Crippen molar-refractivity contribution in [3.8, 4) is 5.13 Å². The smallest absolute Gasteiger partial charge is 0.226 e. The first kappa shape index (κ1) is 25.2. The molecule has 2 N–H and O–H groups in total. The van der Waals surface area contributed by atoms with Crippen molar-refractivity contribution in [1.29, 1.82) is 0 Å². The molecule has 1 fully saturated rings. The summed E-state index contributed by atoms with van der Waals surface area (Å²) < 4.78 is 2.18. The number of anilines is 1. The largest absolute Gasteiger partial charge is 0.352 e. The summed E-state index contributed by atoms with van der Waals surface area (Å²) in [5.74, 6) is -0.0533. The number of hydrogen-bond donors (Lipinski definition) is 2. The first-order valence-corrected chi connectivity index (χ1v) is 14.1. The third-order valence-corrected chi connectivity index (χ3v) is 8.35. The molecule has 0 radical (unpaired) electrons.